The van der Waals surface area contributed by atoms with Gasteiger partial charge in [-0.25, -0.2) is 15.1 Å². The highest BCUT2D eigenvalue weighted by atomic mass is 16.1. The zero-order chi connectivity index (χ0) is 12.5. The summed E-state index contributed by atoms with van der Waals surface area (Å²) < 4.78 is 1.80. The number of aromatic amines is 2. The molecular formula is C12H8N5O+. The average molecular weight is 238 g/mol. The van der Waals surface area contributed by atoms with Gasteiger partial charge in [-0.1, -0.05) is 0 Å². The maximum atomic E-state index is 10.9. The quantitative estimate of drug-likeness (QED) is 0.511. The van der Waals surface area contributed by atoms with Crippen LogP contribution in [0.25, 0.3) is 16.9 Å². The molecule has 6 heteroatoms. The van der Waals surface area contributed by atoms with E-state index < -0.39 is 0 Å². The number of aldehydes is 1. The van der Waals surface area contributed by atoms with E-state index >= 15 is 0 Å². The first-order valence-corrected chi connectivity index (χ1v) is 5.26. The van der Waals surface area contributed by atoms with E-state index in [1.54, 1.807) is 29.0 Å². The average Bonchev–Trinajstić information content (AvgIpc) is 3.00. The summed E-state index contributed by atoms with van der Waals surface area (Å²) >= 11 is 0. The molecule has 3 aromatic heterocycles. The highest BCUT2D eigenvalue weighted by molar-refractivity contribution is 5.79. The van der Waals surface area contributed by atoms with Crippen LogP contribution in [-0.4, -0.2) is 21.4 Å². The standard InChI is InChI=1S/C12H7N5O/c13-5-8-1-2-10(16-11(8)7-18)9-6-15-17-4-3-14-12(9)17/h1-4,6-7H,(H,14,15,16)/p+1. The molecule has 0 saturated heterocycles. The number of imidazole rings is 1. The number of nitrogens with zero attached hydrogens (tertiary/aromatic N) is 3. The number of hydrogen-bond donors (Lipinski definition) is 2. The minimum Gasteiger partial charge on any atom is -0.296 e. The van der Waals surface area contributed by atoms with Crippen LogP contribution in [0.3, 0.4) is 0 Å². The van der Waals surface area contributed by atoms with Gasteiger partial charge in [-0.15, -0.1) is 4.52 Å². The van der Waals surface area contributed by atoms with Crippen LogP contribution in [0, 0.1) is 11.3 Å². The van der Waals surface area contributed by atoms with Gasteiger partial charge in [-0.05, 0) is 12.1 Å². The monoisotopic (exact) mass is 238 g/mol. The van der Waals surface area contributed by atoms with Crippen LogP contribution in [0.2, 0.25) is 0 Å². The Balaban J connectivity index is 2.22. The summed E-state index contributed by atoms with van der Waals surface area (Å²) in [4.78, 5) is 18.1. The summed E-state index contributed by atoms with van der Waals surface area (Å²) in [5, 5.41) is 11.9. The second-order valence-electron chi connectivity index (χ2n) is 3.72. The first-order chi connectivity index (χ1) is 8.83. The summed E-state index contributed by atoms with van der Waals surface area (Å²) in [6.07, 6.45) is 6.01. The van der Waals surface area contributed by atoms with Crippen molar-refractivity contribution >= 4 is 11.9 Å². The van der Waals surface area contributed by atoms with Gasteiger partial charge in [0.05, 0.1) is 17.5 Å². The van der Waals surface area contributed by atoms with Gasteiger partial charge >= 0.3 is 5.65 Å². The molecule has 0 fully saturated rings. The molecule has 0 bridgehead atoms. The summed E-state index contributed by atoms with van der Waals surface area (Å²) in [6.45, 7) is 0. The third kappa shape index (κ3) is 1.38. The fraction of sp³-hybridized carbons (Fsp3) is 0. The van der Waals surface area contributed by atoms with Gasteiger partial charge in [0, 0.05) is 0 Å². The number of pyridine rings is 1. The van der Waals surface area contributed by atoms with Gasteiger partial charge in [0.2, 0.25) is 0 Å². The van der Waals surface area contributed by atoms with E-state index in [2.05, 4.69) is 15.1 Å². The van der Waals surface area contributed by atoms with Crippen molar-refractivity contribution in [1.82, 2.24) is 15.1 Å². The topological polar surface area (TPSA) is 89.4 Å². The van der Waals surface area contributed by atoms with Gasteiger partial charge < -0.3 is 0 Å². The number of carbonyl (C=O) groups is 1. The molecule has 0 atom stereocenters. The highest BCUT2D eigenvalue weighted by Crippen LogP contribution is 2.19. The third-order valence-electron chi connectivity index (χ3n) is 2.72. The minimum atomic E-state index is 0.154. The zero-order valence-electron chi connectivity index (χ0n) is 9.21. The van der Waals surface area contributed by atoms with E-state index in [0.29, 0.717) is 12.0 Å². The molecule has 0 aromatic carbocycles. The van der Waals surface area contributed by atoms with Crippen LogP contribution in [0.4, 0.5) is 0 Å². The number of rotatable bonds is 2. The van der Waals surface area contributed by atoms with Gasteiger partial charge in [0.25, 0.3) is 0 Å². The number of nitrogens with one attached hydrogen (secondary N) is 2. The summed E-state index contributed by atoms with van der Waals surface area (Å²) in [6, 6.07) is 5.25. The summed E-state index contributed by atoms with van der Waals surface area (Å²) in [5.41, 5.74) is 2.76. The molecule has 6 nitrogen and oxygen atoms in total. The first kappa shape index (κ1) is 10.2. The fourth-order valence-corrected chi connectivity index (χ4v) is 1.86. The molecule has 18 heavy (non-hydrogen) atoms. The van der Waals surface area contributed by atoms with Crippen LogP contribution >= 0.6 is 0 Å². The smallest absolute Gasteiger partial charge is 0.296 e. The number of fused-ring (bicyclic) bond motifs is 1. The Bertz CT molecular complexity index is 777. The molecule has 2 N–H and O–H groups in total. The largest absolute Gasteiger partial charge is 0.314 e. The number of carbonyl (C=O) groups excluding carboxylic acids is 1. The van der Waals surface area contributed by atoms with Crippen molar-refractivity contribution < 1.29 is 9.31 Å². The molecule has 3 heterocycles. The molecule has 0 aliphatic heterocycles. The number of nitriles is 1. The number of aromatic nitrogens is 4. The second kappa shape index (κ2) is 3.82. The van der Waals surface area contributed by atoms with Crippen LogP contribution < -0.4 is 4.52 Å². The Labute approximate surface area is 102 Å². The van der Waals surface area contributed by atoms with Crippen LogP contribution in [0.1, 0.15) is 16.1 Å². The van der Waals surface area contributed by atoms with Crippen molar-refractivity contribution in [2.24, 2.45) is 0 Å². The maximum Gasteiger partial charge on any atom is 0.314 e. The van der Waals surface area contributed by atoms with E-state index in [-0.39, 0.29) is 11.3 Å². The Kier molecular flexibility index (Phi) is 2.17. The van der Waals surface area contributed by atoms with Crippen LogP contribution in [0.15, 0.2) is 30.7 Å². The molecule has 0 saturated carbocycles. The summed E-state index contributed by atoms with van der Waals surface area (Å²) in [5.74, 6) is 0. The van der Waals surface area contributed by atoms with Crippen molar-refractivity contribution in [1.29, 1.82) is 5.26 Å². The predicted molar refractivity (Wildman–Crippen MR) is 61.6 cm³/mol. The van der Waals surface area contributed by atoms with Crippen LogP contribution in [-0.2, 0) is 0 Å². The van der Waals surface area contributed by atoms with Crippen molar-refractivity contribution in [2.75, 3.05) is 0 Å². The van der Waals surface area contributed by atoms with Gasteiger partial charge in [-0.2, -0.15) is 5.26 Å². The van der Waals surface area contributed by atoms with E-state index in [4.69, 9.17) is 5.26 Å². The lowest BCUT2D eigenvalue weighted by Crippen LogP contribution is -2.18. The Hall–Kier alpha value is -2.94. The second-order valence-corrected chi connectivity index (χ2v) is 3.72. The number of hydrogen-bond acceptors (Lipinski definition) is 3. The normalized spacial score (nSPS) is 10.4. The van der Waals surface area contributed by atoms with E-state index in [0.717, 1.165) is 11.2 Å². The molecule has 0 amide bonds. The molecule has 86 valence electrons. The van der Waals surface area contributed by atoms with Crippen LogP contribution in [0.5, 0.6) is 0 Å². The minimum absolute atomic E-state index is 0.154. The van der Waals surface area contributed by atoms with Gasteiger partial charge in [0.1, 0.15) is 23.5 Å². The molecule has 3 aromatic rings. The maximum absolute atomic E-state index is 10.9. The lowest BCUT2D eigenvalue weighted by molar-refractivity contribution is -0.574. The Morgan fingerprint density at radius 3 is 3.11 bits per heavy atom. The van der Waals surface area contributed by atoms with Crippen molar-refractivity contribution in [2.45, 2.75) is 0 Å². The molecule has 0 aliphatic carbocycles. The lowest BCUT2D eigenvalue weighted by Gasteiger charge is -1.98. The Morgan fingerprint density at radius 1 is 1.44 bits per heavy atom. The molecule has 0 radical (unpaired) electrons. The van der Waals surface area contributed by atoms with Crippen molar-refractivity contribution in [3.63, 3.8) is 0 Å². The van der Waals surface area contributed by atoms with Crippen molar-refractivity contribution in [3.05, 3.63) is 42.0 Å². The molecule has 0 aliphatic rings. The highest BCUT2D eigenvalue weighted by Gasteiger charge is 2.15. The van der Waals surface area contributed by atoms with Crippen molar-refractivity contribution in [3.8, 4) is 17.3 Å². The van der Waals surface area contributed by atoms with E-state index in [9.17, 15) is 4.79 Å². The van der Waals surface area contributed by atoms with Gasteiger partial charge in [-0.3, -0.25) is 4.79 Å². The van der Waals surface area contributed by atoms with Gasteiger partial charge in [0.15, 0.2) is 12.5 Å². The fourth-order valence-electron chi connectivity index (χ4n) is 1.86. The van der Waals surface area contributed by atoms with E-state index in [1.807, 2.05) is 12.3 Å². The lowest BCUT2D eigenvalue weighted by atomic mass is 10.1. The third-order valence-corrected chi connectivity index (χ3v) is 2.72. The Morgan fingerprint density at radius 2 is 2.33 bits per heavy atom. The molecule has 0 spiro atoms. The molecule has 3 rings (SSSR count). The first-order valence-electron chi connectivity index (χ1n) is 5.26. The summed E-state index contributed by atoms with van der Waals surface area (Å²) in [7, 11) is 0. The number of H-pyrrole nitrogens is 2. The van der Waals surface area contributed by atoms with E-state index in [1.165, 1.54) is 0 Å². The predicted octanol–water partition coefficient (Wildman–Crippen LogP) is 0.828. The SMILES string of the molecule is N#Cc1ccc(-c2c[nH][n+]3cc[nH]c23)nc1C=O. The zero-order valence-corrected chi connectivity index (χ0v) is 9.21. The molecule has 0 unspecified atom stereocenters. The molecular weight excluding hydrogens is 230 g/mol.